The lowest BCUT2D eigenvalue weighted by atomic mass is 9.96. The van der Waals surface area contributed by atoms with Crippen molar-refractivity contribution in [2.24, 2.45) is 5.92 Å². The first-order chi connectivity index (χ1) is 14.1. The van der Waals surface area contributed by atoms with Gasteiger partial charge in [0, 0.05) is 32.7 Å². The van der Waals surface area contributed by atoms with Gasteiger partial charge in [0.25, 0.3) is 0 Å². The van der Waals surface area contributed by atoms with E-state index in [1.807, 2.05) is 11.8 Å². The van der Waals surface area contributed by atoms with Crippen LogP contribution < -0.4 is 10.6 Å². The lowest BCUT2D eigenvalue weighted by Crippen LogP contribution is -2.52. The molecule has 3 heterocycles. The third-order valence-corrected chi connectivity index (χ3v) is 6.84. The molecule has 3 unspecified atom stereocenters. The fourth-order valence-electron chi connectivity index (χ4n) is 4.98. The van der Waals surface area contributed by atoms with Gasteiger partial charge in [-0.15, -0.1) is 24.8 Å². The van der Waals surface area contributed by atoms with E-state index in [-0.39, 0.29) is 48.7 Å². The van der Waals surface area contributed by atoms with Crippen molar-refractivity contribution in [1.82, 2.24) is 20.4 Å². The van der Waals surface area contributed by atoms with Crippen molar-refractivity contribution in [3.8, 4) is 0 Å². The molecule has 2 N–H and O–H groups in total. The molecule has 0 spiro atoms. The number of carbonyl (C=O) groups excluding carboxylic acids is 2. The monoisotopic (exact) mass is 470 g/mol. The van der Waals surface area contributed by atoms with Crippen LogP contribution in [0.2, 0.25) is 0 Å². The molecule has 3 aliphatic rings. The predicted octanol–water partition coefficient (Wildman–Crippen LogP) is 2.38. The Morgan fingerprint density at radius 1 is 1.13 bits per heavy atom. The molecule has 3 aliphatic heterocycles. The van der Waals surface area contributed by atoms with Crippen LogP contribution in [-0.2, 0) is 22.6 Å². The summed E-state index contributed by atoms with van der Waals surface area (Å²) < 4.78 is 0. The first-order valence-electron chi connectivity index (χ1n) is 11.2. The number of rotatable bonds is 5. The number of benzene rings is 1. The van der Waals surface area contributed by atoms with Gasteiger partial charge in [0.05, 0.1) is 12.1 Å². The van der Waals surface area contributed by atoms with Gasteiger partial charge in [0.2, 0.25) is 11.8 Å². The topological polar surface area (TPSA) is 64.7 Å². The zero-order chi connectivity index (χ0) is 20.2. The number of nitrogens with one attached hydrogen (secondary N) is 2. The van der Waals surface area contributed by atoms with Gasteiger partial charge >= 0.3 is 0 Å². The SMILES string of the molecule is CC(C(=O)N1CCCC(CNC(=O)C2CCCN2)C1)N1CCc2ccccc2C1.Cl.Cl. The van der Waals surface area contributed by atoms with E-state index in [2.05, 4.69) is 39.8 Å². The van der Waals surface area contributed by atoms with Gasteiger partial charge in [-0.3, -0.25) is 14.5 Å². The summed E-state index contributed by atoms with van der Waals surface area (Å²) in [5.74, 6) is 0.705. The molecule has 2 amide bonds. The second kappa shape index (κ2) is 12.0. The van der Waals surface area contributed by atoms with Gasteiger partial charge < -0.3 is 15.5 Å². The van der Waals surface area contributed by atoms with Crippen LogP contribution in [0.5, 0.6) is 0 Å². The van der Waals surface area contributed by atoms with Crippen molar-refractivity contribution in [2.75, 3.05) is 32.7 Å². The van der Waals surface area contributed by atoms with Crippen LogP contribution >= 0.6 is 24.8 Å². The van der Waals surface area contributed by atoms with Crippen molar-refractivity contribution in [3.05, 3.63) is 35.4 Å². The Hall–Kier alpha value is -1.34. The summed E-state index contributed by atoms with van der Waals surface area (Å²) in [7, 11) is 0. The van der Waals surface area contributed by atoms with Crippen LogP contribution in [0.3, 0.4) is 0 Å². The summed E-state index contributed by atoms with van der Waals surface area (Å²) in [4.78, 5) is 29.8. The van der Waals surface area contributed by atoms with Gasteiger partial charge in [-0.05, 0) is 62.6 Å². The average molecular weight is 471 g/mol. The average Bonchev–Trinajstić information content (AvgIpc) is 3.31. The van der Waals surface area contributed by atoms with Crippen molar-refractivity contribution in [2.45, 2.75) is 57.7 Å². The lowest BCUT2D eigenvalue weighted by molar-refractivity contribution is -0.138. The van der Waals surface area contributed by atoms with Gasteiger partial charge in [-0.25, -0.2) is 0 Å². The summed E-state index contributed by atoms with van der Waals surface area (Å²) in [6.45, 7) is 7.03. The zero-order valence-corrected chi connectivity index (χ0v) is 20.0. The van der Waals surface area contributed by atoms with Crippen LogP contribution in [0.1, 0.15) is 43.7 Å². The zero-order valence-electron chi connectivity index (χ0n) is 18.3. The van der Waals surface area contributed by atoms with Crippen molar-refractivity contribution >= 4 is 36.6 Å². The molecule has 0 aliphatic carbocycles. The summed E-state index contributed by atoms with van der Waals surface area (Å²) in [5.41, 5.74) is 2.76. The highest BCUT2D eigenvalue weighted by molar-refractivity contribution is 5.85. The molecule has 0 bridgehead atoms. The van der Waals surface area contributed by atoms with E-state index in [1.54, 1.807) is 0 Å². The lowest BCUT2D eigenvalue weighted by Gasteiger charge is -2.39. The summed E-state index contributed by atoms with van der Waals surface area (Å²) in [6.07, 6.45) is 5.11. The molecule has 3 atom stereocenters. The number of fused-ring (bicyclic) bond motifs is 1. The second-order valence-corrected chi connectivity index (χ2v) is 8.85. The smallest absolute Gasteiger partial charge is 0.239 e. The number of halogens is 2. The molecule has 4 rings (SSSR count). The van der Waals surface area contributed by atoms with Crippen molar-refractivity contribution in [1.29, 1.82) is 0 Å². The van der Waals surface area contributed by atoms with Gasteiger partial charge in [-0.1, -0.05) is 24.3 Å². The summed E-state index contributed by atoms with van der Waals surface area (Å²) in [6, 6.07) is 8.43. The third kappa shape index (κ3) is 6.35. The third-order valence-electron chi connectivity index (χ3n) is 6.84. The molecular formula is C23H36Cl2N4O2. The van der Waals surface area contributed by atoms with Crippen molar-refractivity contribution in [3.63, 3.8) is 0 Å². The highest BCUT2D eigenvalue weighted by Crippen LogP contribution is 2.23. The highest BCUT2D eigenvalue weighted by Gasteiger charge is 2.32. The number of hydrogen-bond acceptors (Lipinski definition) is 4. The molecule has 174 valence electrons. The maximum Gasteiger partial charge on any atom is 0.239 e. The van der Waals surface area contributed by atoms with E-state index in [0.29, 0.717) is 12.5 Å². The van der Waals surface area contributed by atoms with E-state index in [9.17, 15) is 9.59 Å². The van der Waals surface area contributed by atoms with E-state index in [0.717, 1.165) is 64.8 Å². The molecule has 1 aromatic rings. The molecule has 2 fully saturated rings. The Bertz CT molecular complexity index is 742. The van der Waals surface area contributed by atoms with Crippen LogP contribution in [0.4, 0.5) is 0 Å². The Kier molecular flexibility index (Phi) is 10.1. The number of nitrogens with zero attached hydrogens (tertiary/aromatic N) is 2. The number of carbonyl (C=O) groups is 2. The van der Waals surface area contributed by atoms with E-state index >= 15 is 0 Å². The minimum Gasteiger partial charge on any atom is -0.354 e. The summed E-state index contributed by atoms with van der Waals surface area (Å²) >= 11 is 0. The van der Waals surface area contributed by atoms with Crippen LogP contribution in [0, 0.1) is 5.92 Å². The van der Waals surface area contributed by atoms with Gasteiger partial charge in [0.1, 0.15) is 0 Å². The molecule has 1 aromatic carbocycles. The first-order valence-corrected chi connectivity index (χ1v) is 11.2. The first kappa shape index (κ1) is 25.9. The van der Waals surface area contributed by atoms with Crippen LogP contribution in [-0.4, -0.2) is 66.4 Å². The number of amides is 2. The fourth-order valence-corrected chi connectivity index (χ4v) is 4.98. The molecule has 6 nitrogen and oxygen atoms in total. The Balaban J connectivity index is 0.00000171. The Labute approximate surface area is 198 Å². The fraction of sp³-hybridized carbons (Fsp3) is 0.652. The van der Waals surface area contributed by atoms with Gasteiger partial charge in [0.15, 0.2) is 0 Å². The van der Waals surface area contributed by atoms with Crippen LogP contribution in [0.25, 0.3) is 0 Å². The number of piperidine rings is 1. The molecule has 2 saturated heterocycles. The molecular weight excluding hydrogens is 435 g/mol. The Morgan fingerprint density at radius 2 is 1.90 bits per heavy atom. The molecule has 0 aromatic heterocycles. The normalized spacial score (nSPS) is 24.4. The summed E-state index contributed by atoms with van der Waals surface area (Å²) in [5, 5.41) is 6.35. The predicted molar refractivity (Wildman–Crippen MR) is 128 cm³/mol. The van der Waals surface area contributed by atoms with E-state index in [4.69, 9.17) is 0 Å². The molecule has 31 heavy (non-hydrogen) atoms. The van der Waals surface area contributed by atoms with Crippen molar-refractivity contribution < 1.29 is 9.59 Å². The number of likely N-dealkylation sites (tertiary alicyclic amines) is 1. The van der Waals surface area contributed by atoms with E-state index < -0.39 is 0 Å². The highest BCUT2D eigenvalue weighted by atomic mass is 35.5. The van der Waals surface area contributed by atoms with E-state index in [1.165, 1.54) is 11.1 Å². The number of hydrogen-bond donors (Lipinski definition) is 2. The molecule has 0 radical (unpaired) electrons. The maximum atomic E-state index is 13.2. The quantitative estimate of drug-likeness (QED) is 0.693. The minimum absolute atomic E-state index is 0. The Morgan fingerprint density at radius 3 is 2.65 bits per heavy atom. The molecule has 8 heteroatoms. The second-order valence-electron chi connectivity index (χ2n) is 8.85. The standard InChI is InChI=1S/C23H34N4O2.2ClH/c1-17(26-13-10-19-7-2-3-8-20(19)16-26)23(29)27-12-5-6-18(15-27)14-25-22(28)21-9-4-11-24-21;;/h2-3,7-8,17-18,21,24H,4-6,9-16H2,1H3,(H,25,28);2*1H. The van der Waals surface area contributed by atoms with Crippen LogP contribution in [0.15, 0.2) is 24.3 Å². The molecule has 0 saturated carbocycles. The maximum absolute atomic E-state index is 13.2. The minimum atomic E-state index is -0.0978. The largest absolute Gasteiger partial charge is 0.354 e. The van der Waals surface area contributed by atoms with Gasteiger partial charge in [-0.2, -0.15) is 0 Å².